The second-order valence-corrected chi connectivity index (χ2v) is 8.35. The molecule has 0 saturated carbocycles. The zero-order chi connectivity index (χ0) is 18.8. The Hall–Kier alpha value is -2.34. The molecule has 0 unspecified atom stereocenters. The van der Waals surface area contributed by atoms with E-state index >= 15 is 0 Å². The first kappa shape index (κ1) is 19.0. The number of amides is 1. The fourth-order valence-electron chi connectivity index (χ4n) is 2.68. The van der Waals surface area contributed by atoms with E-state index in [2.05, 4.69) is 11.4 Å². The highest BCUT2D eigenvalue weighted by atomic mass is 32.2. The largest absolute Gasteiger partial charge is 0.346 e. The van der Waals surface area contributed by atoms with Gasteiger partial charge in [0.25, 0.3) is 5.91 Å². The van der Waals surface area contributed by atoms with Gasteiger partial charge in [0.2, 0.25) is 10.0 Å². The van der Waals surface area contributed by atoms with Crippen LogP contribution in [-0.4, -0.2) is 27.6 Å². The Morgan fingerprint density at radius 3 is 2.20 bits per heavy atom. The Bertz CT molecular complexity index is 874. The van der Waals surface area contributed by atoms with Crippen molar-refractivity contribution in [3.63, 3.8) is 0 Å². The summed E-state index contributed by atoms with van der Waals surface area (Å²) in [6.45, 7) is 6.01. The first-order chi connectivity index (χ1) is 11.6. The zero-order valence-corrected chi connectivity index (χ0v) is 16.0. The average molecular weight is 360 g/mol. The molecule has 6 heteroatoms. The first-order valence-electron chi connectivity index (χ1n) is 8.01. The molecule has 0 spiro atoms. The van der Waals surface area contributed by atoms with Crippen molar-refractivity contribution in [1.82, 2.24) is 5.32 Å². The van der Waals surface area contributed by atoms with E-state index in [4.69, 9.17) is 0 Å². The second kappa shape index (κ2) is 7.27. The van der Waals surface area contributed by atoms with Crippen LogP contribution in [0.15, 0.2) is 42.5 Å². The third kappa shape index (κ3) is 4.60. The van der Waals surface area contributed by atoms with Crippen molar-refractivity contribution < 1.29 is 13.2 Å². The van der Waals surface area contributed by atoms with Crippen molar-refractivity contribution in [2.75, 3.05) is 17.6 Å². The fourth-order valence-corrected chi connectivity index (χ4v) is 3.19. The summed E-state index contributed by atoms with van der Waals surface area (Å²) < 4.78 is 24.3. The molecule has 0 radical (unpaired) electrons. The van der Waals surface area contributed by atoms with Gasteiger partial charge in [-0.2, -0.15) is 0 Å². The van der Waals surface area contributed by atoms with Gasteiger partial charge in [-0.3, -0.25) is 9.10 Å². The van der Waals surface area contributed by atoms with Gasteiger partial charge in [0.15, 0.2) is 0 Å². The Kier molecular flexibility index (Phi) is 5.52. The van der Waals surface area contributed by atoms with E-state index in [0.717, 1.165) is 17.4 Å². The van der Waals surface area contributed by atoms with Crippen molar-refractivity contribution >= 4 is 21.6 Å². The minimum absolute atomic E-state index is 0.119. The normalized spacial score (nSPS) is 12.5. The van der Waals surface area contributed by atoms with Gasteiger partial charge in [0.05, 0.1) is 18.0 Å². The van der Waals surface area contributed by atoms with E-state index in [0.29, 0.717) is 11.3 Å². The number of hydrogen-bond acceptors (Lipinski definition) is 3. The molecule has 0 aromatic heterocycles. The molecular formula is C19H24N2O3S. The van der Waals surface area contributed by atoms with E-state index < -0.39 is 10.0 Å². The summed E-state index contributed by atoms with van der Waals surface area (Å²) in [5.74, 6) is -0.193. The van der Waals surface area contributed by atoms with Gasteiger partial charge < -0.3 is 5.32 Å². The quantitative estimate of drug-likeness (QED) is 0.890. The van der Waals surface area contributed by atoms with Gasteiger partial charge in [0, 0.05) is 12.6 Å². The van der Waals surface area contributed by atoms with Crippen LogP contribution in [0.4, 0.5) is 5.69 Å². The standard InChI is InChI=1S/C19H24N2O3S/c1-13-6-11-18(14(2)12-13)15(3)20-19(22)16-7-9-17(10-8-16)21(4)25(5,23)24/h6-12,15H,1-5H3,(H,20,22)/t15-/m1/s1. The van der Waals surface area contributed by atoms with Gasteiger partial charge in [-0.15, -0.1) is 0 Å². The molecular weight excluding hydrogens is 336 g/mol. The van der Waals surface area contributed by atoms with E-state index in [1.54, 1.807) is 24.3 Å². The van der Waals surface area contributed by atoms with Crippen LogP contribution in [0.3, 0.4) is 0 Å². The van der Waals surface area contributed by atoms with Gasteiger partial charge in [0.1, 0.15) is 0 Å². The highest BCUT2D eigenvalue weighted by Crippen LogP contribution is 2.20. The molecule has 0 heterocycles. The van der Waals surface area contributed by atoms with E-state index in [9.17, 15) is 13.2 Å². The number of nitrogens with zero attached hydrogens (tertiary/aromatic N) is 1. The topological polar surface area (TPSA) is 66.5 Å². The summed E-state index contributed by atoms with van der Waals surface area (Å²) in [6.07, 6.45) is 1.14. The third-order valence-corrected chi connectivity index (χ3v) is 5.44. The third-order valence-electron chi connectivity index (χ3n) is 4.23. The minimum atomic E-state index is -3.32. The number of carbonyl (C=O) groups excluding carboxylic acids is 1. The van der Waals surface area contributed by atoms with Crippen LogP contribution in [0.2, 0.25) is 0 Å². The lowest BCUT2D eigenvalue weighted by Crippen LogP contribution is -2.27. The predicted octanol–water partition coefficient (Wildman–Crippen LogP) is 3.19. The highest BCUT2D eigenvalue weighted by molar-refractivity contribution is 7.92. The summed E-state index contributed by atoms with van der Waals surface area (Å²) >= 11 is 0. The van der Waals surface area contributed by atoms with Crippen LogP contribution in [0.1, 0.15) is 40.0 Å². The summed E-state index contributed by atoms with van der Waals surface area (Å²) in [5, 5.41) is 2.98. The van der Waals surface area contributed by atoms with Crippen LogP contribution < -0.4 is 9.62 Å². The number of anilines is 1. The van der Waals surface area contributed by atoms with E-state index in [1.165, 1.54) is 16.9 Å². The van der Waals surface area contributed by atoms with Crippen molar-refractivity contribution in [2.24, 2.45) is 0 Å². The molecule has 134 valence electrons. The molecule has 5 nitrogen and oxygen atoms in total. The molecule has 0 bridgehead atoms. The molecule has 0 saturated heterocycles. The Labute approximate surface area is 149 Å². The first-order valence-corrected chi connectivity index (χ1v) is 9.86. The average Bonchev–Trinajstić information content (AvgIpc) is 2.53. The summed E-state index contributed by atoms with van der Waals surface area (Å²) in [4.78, 5) is 12.4. The van der Waals surface area contributed by atoms with Crippen molar-refractivity contribution in [1.29, 1.82) is 0 Å². The summed E-state index contributed by atoms with van der Waals surface area (Å²) in [6, 6.07) is 12.5. The maximum atomic E-state index is 12.4. The zero-order valence-electron chi connectivity index (χ0n) is 15.2. The number of aryl methyl sites for hydroxylation is 2. The molecule has 0 aliphatic carbocycles. The van der Waals surface area contributed by atoms with E-state index in [1.807, 2.05) is 32.9 Å². The van der Waals surface area contributed by atoms with Gasteiger partial charge in [-0.05, 0) is 56.2 Å². The Balaban J connectivity index is 2.13. The SMILES string of the molecule is Cc1ccc([C@@H](C)NC(=O)c2ccc(N(C)S(C)(=O)=O)cc2)c(C)c1. The number of benzene rings is 2. The molecule has 1 amide bonds. The minimum Gasteiger partial charge on any atom is -0.346 e. The highest BCUT2D eigenvalue weighted by Gasteiger charge is 2.15. The molecule has 25 heavy (non-hydrogen) atoms. The smallest absolute Gasteiger partial charge is 0.251 e. The summed E-state index contributed by atoms with van der Waals surface area (Å²) in [7, 11) is -1.84. The maximum Gasteiger partial charge on any atom is 0.251 e. The molecule has 2 aromatic rings. The number of carbonyl (C=O) groups is 1. The van der Waals surface area contributed by atoms with Crippen molar-refractivity contribution in [3.05, 3.63) is 64.7 Å². The molecule has 0 fully saturated rings. The lowest BCUT2D eigenvalue weighted by Gasteiger charge is -2.18. The van der Waals surface area contributed by atoms with Crippen molar-refractivity contribution in [2.45, 2.75) is 26.8 Å². The van der Waals surface area contributed by atoms with Crippen LogP contribution in [0, 0.1) is 13.8 Å². The molecule has 0 aliphatic heterocycles. The lowest BCUT2D eigenvalue weighted by atomic mass is 10.00. The molecule has 0 aliphatic rings. The predicted molar refractivity (Wildman–Crippen MR) is 101 cm³/mol. The lowest BCUT2D eigenvalue weighted by molar-refractivity contribution is 0.0940. The van der Waals surface area contributed by atoms with Crippen LogP contribution in [-0.2, 0) is 10.0 Å². The van der Waals surface area contributed by atoms with Crippen LogP contribution >= 0.6 is 0 Å². The summed E-state index contributed by atoms with van der Waals surface area (Å²) in [5.41, 5.74) is 4.40. The molecule has 1 atom stereocenters. The number of nitrogens with one attached hydrogen (secondary N) is 1. The molecule has 2 rings (SSSR count). The van der Waals surface area contributed by atoms with Gasteiger partial charge in [-0.25, -0.2) is 8.42 Å². The Morgan fingerprint density at radius 2 is 1.68 bits per heavy atom. The van der Waals surface area contributed by atoms with Gasteiger partial charge >= 0.3 is 0 Å². The number of rotatable bonds is 5. The van der Waals surface area contributed by atoms with Crippen LogP contribution in [0.5, 0.6) is 0 Å². The maximum absolute atomic E-state index is 12.4. The monoisotopic (exact) mass is 360 g/mol. The van der Waals surface area contributed by atoms with Crippen LogP contribution in [0.25, 0.3) is 0 Å². The van der Waals surface area contributed by atoms with Crippen molar-refractivity contribution in [3.8, 4) is 0 Å². The molecule has 1 N–H and O–H groups in total. The second-order valence-electron chi connectivity index (χ2n) is 6.33. The molecule has 2 aromatic carbocycles. The Morgan fingerprint density at radius 1 is 1.08 bits per heavy atom. The fraction of sp³-hybridized carbons (Fsp3) is 0.316. The van der Waals surface area contributed by atoms with Gasteiger partial charge in [-0.1, -0.05) is 23.8 Å². The number of hydrogen-bond donors (Lipinski definition) is 1. The number of sulfonamides is 1. The van der Waals surface area contributed by atoms with E-state index in [-0.39, 0.29) is 11.9 Å².